The summed E-state index contributed by atoms with van der Waals surface area (Å²) in [5.74, 6) is 0. The second kappa shape index (κ2) is 5.17. The predicted octanol–water partition coefficient (Wildman–Crippen LogP) is 1.80. The van der Waals surface area contributed by atoms with Crippen LogP contribution >= 0.6 is 0 Å². The summed E-state index contributed by atoms with van der Waals surface area (Å²) < 4.78 is 5.52. The fourth-order valence-electron chi connectivity index (χ4n) is 2.27. The standard InChI is InChI=1S/C14H22N2O/c1-14(2)11-17-9-8-16(14)10-13(15)12-6-4-3-5-7-12/h3-7,13H,8-11,15H2,1-2H3. The van der Waals surface area contributed by atoms with Gasteiger partial charge in [0.2, 0.25) is 0 Å². The van der Waals surface area contributed by atoms with Gasteiger partial charge < -0.3 is 10.5 Å². The Hall–Kier alpha value is -0.900. The molecule has 2 rings (SSSR count). The highest BCUT2D eigenvalue weighted by Crippen LogP contribution is 2.22. The first kappa shape index (κ1) is 12.6. The van der Waals surface area contributed by atoms with Crippen LogP contribution in [0.4, 0.5) is 0 Å². The van der Waals surface area contributed by atoms with E-state index in [1.165, 1.54) is 5.56 Å². The van der Waals surface area contributed by atoms with E-state index in [0.29, 0.717) is 0 Å². The summed E-state index contributed by atoms with van der Waals surface area (Å²) >= 11 is 0. The zero-order chi connectivity index (χ0) is 12.3. The molecule has 2 N–H and O–H groups in total. The van der Waals surface area contributed by atoms with Gasteiger partial charge in [0.1, 0.15) is 0 Å². The molecule has 1 fully saturated rings. The first-order valence-electron chi connectivity index (χ1n) is 6.23. The molecule has 1 atom stereocenters. The van der Waals surface area contributed by atoms with Crippen molar-refractivity contribution < 1.29 is 4.74 Å². The Balaban J connectivity index is 2.00. The molecule has 0 aliphatic carbocycles. The Morgan fingerprint density at radius 3 is 2.71 bits per heavy atom. The van der Waals surface area contributed by atoms with E-state index in [9.17, 15) is 0 Å². The van der Waals surface area contributed by atoms with Crippen LogP contribution < -0.4 is 5.73 Å². The number of benzene rings is 1. The van der Waals surface area contributed by atoms with Crippen LogP contribution in [0.5, 0.6) is 0 Å². The lowest BCUT2D eigenvalue weighted by Crippen LogP contribution is -2.54. The van der Waals surface area contributed by atoms with Crippen LogP contribution in [-0.2, 0) is 4.74 Å². The van der Waals surface area contributed by atoms with Gasteiger partial charge in [-0.2, -0.15) is 0 Å². The molecule has 0 spiro atoms. The third kappa shape index (κ3) is 3.06. The van der Waals surface area contributed by atoms with E-state index in [0.717, 1.165) is 26.3 Å². The van der Waals surface area contributed by atoms with Crippen molar-refractivity contribution in [3.63, 3.8) is 0 Å². The third-order valence-electron chi connectivity index (χ3n) is 3.46. The van der Waals surface area contributed by atoms with Gasteiger partial charge in [0.15, 0.2) is 0 Å². The van der Waals surface area contributed by atoms with Crippen LogP contribution in [-0.4, -0.2) is 36.7 Å². The lowest BCUT2D eigenvalue weighted by Gasteiger charge is -2.43. The molecule has 17 heavy (non-hydrogen) atoms. The van der Waals surface area contributed by atoms with Crippen LogP contribution in [0.2, 0.25) is 0 Å². The van der Waals surface area contributed by atoms with Crippen molar-refractivity contribution in [1.82, 2.24) is 4.90 Å². The van der Waals surface area contributed by atoms with E-state index in [-0.39, 0.29) is 11.6 Å². The van der Waals surface area contributed by atoms with E-state index >= 15 is 0 Å². The van der Waals surface area contributed by atoms with Crippen LogP contribution in [0, 0.1) is 0 Å². The van der Waals surface area contributed by atoms with E-state index in [1.54, 1.807) is 0 Å². The number of rotatable bonds is 3. The highest BCUT2D eigenvalue weighted by molar-refractivity contribution is 5.18. The van der Waals surface area contributed by atoms with Gasteiger partial charge >= 0.3 is 0 Å². The van der Waals surface area contributed by atoms with E-state index < -0.39 is 0 Å². The van der Waals surface area contributed by atoms with Gasteiger partial charge in [-0.3, -0.25) is 4.90 Å². The summed E-state index contributed by atoms with van der Waals surface area (Å²) in [4.78, 5) is 2.42. The summed E-state index contributed by atoms with van der Waals surface area (Å²) in [5.41, 5.74) is 7.56. The summed E-state index contributed by atoms with van der Waals surface area (Å²) in [7, 11) is 0. The Morgan fingerprint density at radius 1 is 1.35 bits per heavy atom. The monoisotopic (exact) mass is 234 g/mol. The topological polar surface area (TPSA) is 38.5 Å². The lowest BCUT2D eigenvalue weighted by atomic mass is 9.99. The Labute approximate surface area is 104 Å². The van der Waals surface area contributed by atoms with Crippen molar-refractivity contribution in [2.75, 3.05) is 26.3 Å². The zero-order valence-electron chi connectivity index (χ0n) is 10.7. The maximum atomic E-state index is 6.26. The molecule has 94 valence electrons. The Bertz CT molecular complexity index is 350. The summed E-state index contributed by atoms with van der Waals surface area (Å²) in [6, 6.07) is 10.4. The number of nitrogens with zero attached hydrogens (tertiary/aromatic N) is 1. The normalized spacial score (nSPS) is 22.3. The number of nitrogens with two attached hydrogens (primary N) is 1. The fourth-order valence-corrected chi connectivity index (χ4v) is 2.27. The highest BCUT2D eigenvalue weighted by Gasteiger charge is 2.31. The van der Waals surface area contributed by atoms with Crippen molar-refractivity contribution in [3.05, 3.63) is 35.9 Å². The first-order valence-corrected chi connectivity index (χ1v) is 6.23. The predicted molar refractivity (Wildman–Crippen MR) is 69.8 cm³/mol. The van der Waals surface area contributed by atoms with Gasteiger partial charge in [-0.25, -0.2) is 0 Å². The molecule has 0 aromatic heterocycles. The second-order valence-corrected chi connectivity index (χ2v) is 5.33. The molecule has 1 heterocycles. The lowest BCUT2D eigenvalue weighted by molar-refractivity contribution is -0.0531. The van der Waals surface area contributed by atoms with Gasteiger partial charge in [-0.05, 0) is 19.4 Å². The van der Waals surface area contributed by atoms with Crippen LogP contribution in [0.1, 0.15) is 25.5 Å². The molecule has 0 amide bonds. The minimum Gasteiger partial charge on any atom is -0.378 e. The molecular weight excluding hydrogens is 212 g/mol. The number of hydrogen-bond acceptors (Lipinski definition) is 3. The van der Waals surface area contributed by atoms with Crippen LogP contribution in [0.25, 0.3) is 0 Å². The molecule has 0 saturated carbocycles. The van der Waals surface area contributed by atoms with E-state index in [2.05, 4.69) is 30.9 Å². The minimum atomic E-state index is 0.0774. The molecule has 3 heteroatoms. The van der Waals surface area contributed by atoms with Crippen molar-refractivity contribution in [2.45, 2.75) is 25.4 Å². The average molecular weight is 234 g/mol. The largest absolute Gasteiger partial charge is 0.378 e. The summed E-state index contributed by atoms with van der Waals surface area (Å²) in [6.45, 7) is 7.88. The maximum absolute atomic E-state index is 6.26. The van der Waals surface area contributed by atoms with Crippen molar-refractivity contribution >= 4 is 0 Å². The van der Waals surface area contributed by atoms with Crippen molar-refractivity contribution in [1.29, 1.82) is 0 Å². The van der Waals surface area contributed by atoms with E-state index in [4.69, 9.17) is 10.5 Å². The molecule has 1 aliphatic rings. The maximum Gasteiger partial charge on any atom is 0.0645 e. The first-order chi connectivity index (χ1) is 8.09. The number of hydrogen-bond donors (Lipinski definition) is 1. The average Bonchev–Trinajstić information content (AvgIpc) is 2.33. The molecule has 1 aromatic carbocycles. The molecule has 1 unspecified atom stereocenters. The van der Waals surface area contributed by atoms with E-state index in [1.807, 2.05) is 18.2 Å². The molecule has 0 radical (unpaired) electrons. The van der Waals surface area contributed by atoms with Gasteiger partial charge in [-0.15, -0.1) is 0 Å². The fraction of sp³-hybridized carbons (Fsp3) is 0.571. The summed E-state index contributed by atoms with van der Waals surface area (Å²) in [5, 5.41) is 0. The number of ether oxygens (including phenoxy) is 1. The van der Waals surface area contributed by atoms with Gasteiger partial charge in [0, 0.05) is 24.7 Å². The van der Waals surface area contributed by atoms with Crippen molar-refractivity contribution in [3.8, 4) is 0 Å². The molecule has 0 bridgehead atoms. The van der Waals surface area contributed by atoms with Gasteiger partial charge in [-0.1, -0.05) is 30.3 Å². The minimum absolute atomic E-state index is 0.0774. The third-order valence-corrected chi connectivity index (χ3v) is 3.46. The smallest absolute Gasteiger partial charge is 0.0645 e. The highest BCUT2D eigenvalue weighted by atomic mass is 16.5. The zero-order valence-corrected chi connectivity index (χ0v) is 10.7. The SMILES string of the molecule is CC1(C)COCCN1CC(N)c1ccccc1. The molecular formula is C14H22N2O. The molecule has 3 nitrogen and oxygen atoms in total. The second-order valence-electron chi connectivity index (χ2n) is 5.33. The molecule has 1 aromatic rings. The Kier molecular flexibility index (Phi) is 3.82. The molecule has 1 saturated heterocycles. The van der Waals surface area contributed by atoms with Gasteiger partial charge in [0.25, 0.3) is 0 Å². The van der Waals surface area contributed by atoms with Crippen LogP contribution in [0.15, 0.2) is 30.3 Å². The Morgan fingerprint density at radius 2 is 2.06 bits per heavy atom. The quantitative estimate of drug-likeness (QED) is 0.866. The molecule has 1 aliphatic heterocycles. The number of morpholine rings is 1. The van der Waals surface area contributed by atoms with Crippen molar-refractivity contribution in [2.24, 2.45) is 5.73 Å². The summed E-state index contributed by atoms with van der Waals surface area (Å²) in [6.07, 6.45) is 0. The van der Waals surface area contributed by atoms with Gasteiger partial charge in [0.05, 0.1) is 13.2 Å². The van der Waals surface area contributed by atoms with Crippen LogP contribution in [0.3, 0.4) is 0 Å².